The van der Waals surface area contributed by atoms with E-state index in [1.165, 1.54) is 0 Å². The largest absolute Gasteiger partial charge is 0.487 e. The molecule has 0 fully saturated rings. The van der Waals surface area contributed by atoms with Gasteiger partial charge in [-0.1, -0.05) is 18.2 Å². The molecule has 2 rings (SSSR count). The fourth-order valence-corrected chi connectivity index (χ4v) is 2.63. The molecule has 1 unspecified atom stereocenters. The minimum atomic E-state index is -0.879. The van der Waals surface area contributed by atoms with E-state index in [0.29, 0.717) is 12.1 Å². The van der Waals surface area contributed by atoms with E-state index in [4.69, 9.17) is 4.74 Å². The Morgan fingerprint density at radius 2 is 2.19 bits per heavy atom. The van der Waals surface area contributed by atoms with Crippen molar-refractivity contribution in [3.8, 4) is 5.75 Å². The number of hydrogen-bond acceptors (Lipinski definition) is 4. The van der Waals surface area contributed by atoms with Crippen LogP contribution in [0, 0.1) is 0 Å². The molecule has 0 aliphatic carbocycles. The van der Waals surface area contributed by atoms with Gasteiger partial charge in [-0.15, -0.1) is 0 Å². The molecule has 0 aromatic heterocycles. The van der Waals surface area contributed by atoms with Gasteiger partial charge in [-0.2, -0.15) is 0 Å². The molecular formula is C16H24N2O3. The summed E-state index contributed by atoms with van der Waals surface area (Å²) >= 11 is 0. The van der Waals surface area contributed by atoms with Crippen LogP contribution in [-0.4, -0.2) is 48.8 Å². The van der Waals surface area contributed by atoms with Crippen LogP contribution in [-0.2, 0) is 11.2 Å². The van der Waals surface area contributed by atoms with E-state index in [9.17, 15) is 9.90 Å². The smallest absolute Gasteiger partial charge is 0.325 e. The number of ether oxygens (including phenoxy) is 1. The number of para-hydroxylation sites is 1. The van der Waals surface area contributed by atoms with Crippen molar-refractivity contribution < 1.29 is 14.6 Å². The van der Waals surface area contributed by atoms with Gasteiger partial charge in [-0.25, -0.2) is 0 Å². The van der Waals surface area contributed by atoms with Crippen LogP contribution in [0.5, 0.6) is 5.75 Å². The van der Waals surface area contributed by atoms with Crippen LogP contribution >= 0.6 is 0 Å². The van der Waals surface area contributed by atoms with Gasteiger partial charge in [0.2, 0.25) is 0 Å². The quantitative estimate of drug-likeness (QED) is 0.835. The maximum absolute atomic E-state index is 11.6. The molecule has 1 aromatic carbocycles. The number of fused-ring (bicyclic) bond motifs is 1. The normalized spacial score (nSPS) is 17.4. The number of benzene rings is 1. The average Bonchev–Trinajstić information content (AvgIpc) is 2.67. The standard InChI is InChI=1S/C16H24N2O3/c1-16(2)10-11-6-5-7-12(14(11)21-16)13(15(19)20)17-8-9-18(3)4/h5-7,13,17H,8-10H2,1-4H3,(H,19,20). The number of aliphatic carboxylic acids is 1. The second-order valence-corrected chi connectivity index (χ2v) is 6.40. The van der Waals surface area contributed by atoms with Gasteiger partial charge in [-0.3, -0.25) is 10.1 Å². The summed E-state index contributed by atoms with van der Waals surface area (Å²) in [7, 11) is 3.92. The van der Waals surface area contributed by atoms with Crippen molar-refractivity contribution >= 4 is 5.97 Å². The molecule has 5 nitrogen and oxygen atoms in total. The van der Waals surface area contributed by atoms with Gasteiger partial charge in [0.15, 0.2) is 0 Å². The highest BCUT2D eigenvalue weighted by atomic mass is 16.5. The molecule has 0 spiro atoms. The Morgan fingerprint density at radius 1 is 1.48 bits per heavy atom. The van der Waals surface area contributed by atoms with E-state index in [1.54, 1.807) is 0 Å². The second-order valence-electron chi connectivity index (χ2n) is 6.40. The van der Waals surface area contributed by atoms with E-state index in [-0.39, 0.29) is 5.60 Å². The lowest BCUT2D eigenvalue weighted by Gasteiger charge is -2.21. The van der Waals surface area contributed by atoms with Crippen LogP contribution in [0.3, 0.4) is 0 Å². The average molecular weight is 292 g/mol. The molecule has 0 bridgehead atoms. The summed E-state index contributed by atoms with van der Waals surface area (Å²) < 4.78 is 5.97. The number of carbonyl (C=O) groups is 1. The summed E-state index contributed by atoms with van der Waals surface area (Å²) in [6.45, 7) is 5.43. The zero-order valence-corrected chi connectivity index (χ0v) is 13.1. The Morgan fingerprint density at radius 3 is 2.81 bits per heavy atom. The van der Waals surface area contributed by atoms with Crippen molar-refractivity contribution in [1.82, 2.24) is 10.2 Å². The Labute approximate surface area is 125 Å². The molecule has 5 heteroatoms. The molecule has 1 aliphatic heterocycles. The molecule has 0 saturated heterocycles. The van der Waals surface area contributed by atoms with Gasteiger partial charge >= 0.3 is 5.97 Å². The zero-order valence-electron chi connectivity index (χ0n) is 13.1. The number of rotatable bonds is 6. The Hall–Kier alpha value is -1.59. The van der Waals surface area contributed by atoms with Crippen molar-refractivity contribution in [2.45, 2.75) is 31.9 Å². The van der Waals surface area contributed by atoms with Crippen LogP contribution in [0.25, 0.3) is 0 Å². The van der Waals surface area contributed by atoms with E-state index in [2.05, 4.69) is 5.32 Å². The third-order valence-corrected chi connectivity index (χ3v) is 3.59. The number of hydrogen-bond donors (Lipinski definition) is 2. The molecular weight excluding hydrogens is 268 g/mol. The Kier molecular flexibility index (Phi) is 4.54. The highest BCUT2D eigenvalue weighted by molar-refractivity contribution is 5.77. The summed E-state index contributed by atoms with van der Waals surface area (Å²) in [6, 6.07) is 5.00. The van der Waals surface area contributed by atoms with Crippen molar-refractivity contribution in [2.75, 3.05) is 27.2 Å². The predicted octanol–water partition coefficient (Wildman–Crippen LogP) is 1.68. The molecule has 1 heterocycles. The number of nitrogens with zero attached hydrogens (tertiary/aromatic N) is 1. The summed E-state index contributed by atoms with van der Waals surface area (Å²) in [6.07, 6.45) is 0.806. The maximum atomic E-state index is 11.6. The fourth-order valence-electron chi connectivity index (χ4n) is 2.63. The molecule has 116 valence electrons. The SMILES string of the molecule is CN(C)CCNC(C(=O)O)c1cccc2c1OC(C)(C)C2. The topological polar surface area (TPSA) is 61.8 Å². The van der Waals surface area contributed by atoms with E-state index < -0.39 is 12.0 Å². The number of carboxylic acid groups (broad SMARTS) is 1. The molecule has 0 saturated carbocycles. The minimum Gasteiger partial charge on any atom is -0.487 e. The van der Waals surface area contributed by atoms with Crippen molar-refractivity contribution in [3.63, 3.8) is 0 Å². The molecule has 0 radical (unpaired) electrons. The van der Waals surface area contributed by atoms with Gasteiger partial charge in [0, 0.05) is 25.1 Å². The molecule has 1 aliphatic rings. The van der Waals surface area contributed by atoms with Gasteiger partial charge in [0.05, 0.1) is 0 Å². The summed E-state index contributed by atoms with van der Waals surface area (Å²) in [5, 5.41) is 12.6. The van der Waals surface area contributed by atoms with Gasteiger partial charge in [-0.05, 0) is 33.5 Å². The summed E-state index contributed by atoms with van der Waals surface area (Å²) in [5.41, 5.74) is 1.52. The highest BCUT2D eigenvalue weighted by Gasteiger charge is 2.34. The van der Waals surface area contributed by atoms with Gasteiger partial charge < -0.3 is 14.7 Å². The van der Waals surface area contributed by atoms with Gasteiger partial charge in [0.1, 0.15) is 17.4 Å². The van der Waals surface area contributed by atoms with Crippen LogP contribution in [0.1, 0.15) is 31.0 Å². The molecule has 0 amide bonds. The first kappa shape index (κ1) is 15.8. The van der Waals surface area contributed by atoms with Crippen LogP contribution in [0.4, 0.5) is 0 Å². The van der Waals surface area contributed by atoms with E-state index in [0.717, 1.165) is 24.3 Å². The molecule has 2 N–H and O–H groups in total. The number of nitrogens with one attached hydrogen (secondary N) is 1. The van der Waals surface area contributed by atoms with Crippen molar-refractivity contribution in [2.24, 2.45) is 0 Å². The van der Waals surface area contributed by atoms with Crippen LogP contribution < -0.4 is 10.1 Å². The lowest BCUT2D eigenvalue weighted by atomic mass is 9.98. The van der Waals surface area contributed by atoms with E-state index >= 15 is 0 Å². The molecule has 21 heavy (non-hydrogen) atoms. The van der Waals surface area contributed by atoms with Crippen molar-refractivity contribution in [3.05, 3.63) is 29.3 Å². The first-order valence-electron chi connectivity index (χ1n) is 7.22. The monoisotopic (exact) mass is 292 g/mol. The van der Waals surface area contributed by atoms with E-state index in [1.807, 2.05) is 51.0 Å². The zero-order chi connectivity index (χ0) is 15.6. The summed E-state index contributed by atoms with van der Waals surface area (Å²) in [4.78, 5) is 13.6. The Bertz CT molecular complexity index is 526. The minimum absolute atomic E-state index is 0.273. The van der Waals surface area contributed by atoms with Crippen molar-refractivity contribution in [1.29, 1.82) is 0 Å². The third-order valence-electron chi connectivity index (χ3n) is 3.59. The maximum Gasteiger partial charge on any atom is 0.325 e. The lowest BCUT2D eigenvalue weighted by molar-refractivity contribution is -0.139. The molecule has 1 atom stereocenters. The van der Waals surface area contributed by atoms with Crippen LogP contribution in [0.15, 0.2) is 18.2 Å². The third kappa shape index (κ3) is 3.74. The second kappa shape index (κ2) is 6.03. The van der Waals surface area contributed by atoms with Crippen LogP contribution in [0.2, 0.25) is 0 Å². The first-order valence-corrected chi connectivity index (χ1v) is 7.22. The van der Waals surface area contributed by atoms with Gasteiger partial charge in [0.25, 0.3) is 0 Å². The lowest BCUT2D eigenvalue weighted by Crippen LogP contribution is -2.34. The Balaban J connectivity index is 2.23. The fraction of sp³-hybridized carbons (Fsp3) is 0.562. The first-order chi connectivity index (χ1) is 9.80. The summed E-state index contributed by atoms with van der Waals surface area (Å²) in [5.74, 6) is -0.150. The number of carboxylic acids is 1. The molecule has 1 aromatic rings. The predicted molar refractivity (Wildman–Crippen MR) is 81.8 cm³/mol. The highest BCUT2D eigenvalue weighted by Crippen LogP contribution is 2.39. The number of likely N-dealkylation sites (N-methyl/N-ethyl adjacent to an activating group) is 1.